The third-order valence-electron chi connectivity index (χ3n) is 4.72. The van der Waals surface area contributed by atoms with Gasteiger partial charge in [-0.25, -0.2) is 14.8 Å². The summed E-state index contributed by atoms with van der Waals surface area (Å²) in [6.45, 7) is 2.39. The van der Waals surface area contributed by atoms with Gasteiger partial charge in [-0.3, -0.25) is 18.9 Å². The van der Waals surface area contributed by atoms with Gasteiger partial charge in [0.2, 0.25) is 0 Å². The van der Waals surface area contributed by atoms with E-state index in [4.69, 9.17) is 4.74 Å². The topological polar surface area (TPSA) is 91.9 Å². The van der Waals surface area contributed by atoms with E-state index < -0.39 is 11.2 Å². The fourth-order valence-corrected chi connectivity index (χ4v) is 3.17. The minimum atomic E-state index is -0.409. The van der Waals surface area contributed by atoms with Gasteiger partial charge in [0.05, 0.1) is 13.7 Å². The van der Waals surface area contributed by atoms with Crippen LogP contribution in [0, 0.1) is 0 Å². The number of ether oxygens (including phenoxy) is 1. The molecule has 0 radical (unpaired) electrons. The van der Waals surface area contributed by atoms with Crippen LogP contribution < -0.4 is 16.0 Å². The Balaban J connectivity index is 1.88. The van der Waals surface area contributed by atoms with Crippen molar-refractivity contribution in [3.8, 4) is 17.1 Å². The Labute approximate surface area is 166 Å². The van der Waals surface area contributed by atoms with E-state index in [0.29, 0.717) is 23.4 Å². The average Bonchev–Trinajstić information content (AvgIpc) is 2.77. The van der Waals surface area contributed by atoms with Crippen molar-refractivity contribution in [1.29, 1.82) is 0 Å². The van der Waals surface area contributed by atoms with E-state index in [1.165, 1.54) is 15.3 Å². The maximum Gasteiger partial charge on any atom is 0.332 e. The number of hydrogen-bond acceptors (Lipinski definition) is 6. The second kappa shape index (κ2) is 7.67. The van der Waals surface area contributed by atoms with E-state index in [0.717, 1.165) is 16.9 Å². The smallest absolute Gasteiger partial charge is 0.332 e. The molecule has 0 saturated carbocycles. The SMILES string of the molecule is CCn1c(=O)n(Cc2ccncc2)c(=O)c2cnc(-c3ccc(OC)cc3)nc21. The Hall–Kier alpha value is -3.81. The molecule has 0 aliphatic carbocycles. The van der Waals surface area contributed by atoms with Crippen molar-refractivity contribution < 1.29 is 4.74 Å². The maximum atomic E-state index is 13.0. The summed E-state index contributed by atoms with van der Waals surface area (Å²) in [6, 6.07) is 10.8. The normalized spacial score (nSPS) is 11.0. The van der Waals surface area contributed by atoms with Crippen molar-refractivity contribution in [1.82, 2.24) is 24.1 Å². The zero-order valence-corrected chi connectivity index (χ0v) is 16.1. The van der Waals surface area contributed by atoms with Crippen LogP contribution in [0.3, 0.4) is 0 Å². The van der Waals surface area contributed by atoms with Gasteiger partial charge in [0.15, 0.2) is 11.5 Å². The lowest BCUT2D eigenvalue weighted by Gasteiger charge is -2.12. The molecule has 8 heteroatoms. The number of pyridine rings is 1. The molecular formula is C21H19N5O3. The van der Waals surface area contributed by atoms with Crippen LogP contribution in [0.1, 0.15) is 12.5 Å². The van der Waals surface area contributed by atoms with Crippen molar-refractivity contribution in [2.45, 2.75) is 20.0 Å². The van der Waals surface area contributed by atoms with Crippen LogP contribution in [0.15, 0.2) is 64.6 Å². The second-order valence-corrected chi connectivity index (χ2v) is 6.43. The molecule has 0 amide bonds. The van der Waals surface area contributed by atoms with E-state index in [1.54, 1.807) is 31.6 Å². The Morgan fingerprint density at radius 3 is 2.38 bits per heavy atom. The van der Waals surface area contributed by atoms with E-state index in [1.807, 2.05) is 31.2 Å². The minimum absolute atomic E-state index is 0.163. The molecule has 8 nitrogen and oxygen atoms in total. The predicted molar refractivity (Wildman–Crippen MR) is 109 cm³/mol. The third-order valence-corrected chi connectivity index (χ3v) is 4.72. The summed E-state index contributed by atoms with van der Waals surface area (Å²) in [5.74, 6) is 1.16. The third kappa shape index (κ3) is 3.40. The lowest BCUT2D eigenvalue weighted by Crippen LogP contribution is -2.40. The van der Waals surface area contributed by atoms with E-state index in [2.05, 4.69) is 15.0 Å². The average molecular weight is 389 g/mol. The van der Waals surface area contributed by atoms with Gasteiger partial charge in [0.1, 0.15) is 11.1 Å². The predicted octanol–water partition coefficient (Wildman–Crippen LogP) is 2.09. The highest BCUT2D eigenvalue weighted by Crippen LogP contribution is 2.20. The zero-order valence-electron chi connectivity index (χ0n) is 16.1. The van der Waals surface area contributed by atoms with Crippen LogP contribution in [0.4, 0.5) is 0 Å². The molecular weight excluding hydrogens is 370 g/mol. The molecule has 146 valence electrons. The zero-order chi connectivity index (χ0) is 20.4. The first-order valence-corrected chi connectivity index (χ1v) is 9.16. The fourth-order valence-electron chi connectivity index (χ4n) is 3.17. The molecule has 4 rings (SSSR count). The van der Waals surface area contributed by atoms with Gasteiger partial charge in [0, 0.05) is 30.7 Å². The maximum absolute atomic E-state index is 13.0. The first-order chi connectivity index (χ1) is 14.1. The van der Waals surface area contributed by atoms with E-state index in [-0.39, 0.29) is 6.54 Å². The highest BCUT2D eigenvalue weighted by molar-refractivity contribution is 5.75. The molecule has 0 aliphatic heterocycles. The molecule has 0 aliphatic rings. The van der Waals surface area contributed by atoms with Gasteiger partial charge in [-0.2, -0.15) is 0 Å². The monoisotopic (exact) mass is 389 g/mol. The lowest BCUT2D eigenvalue weighted by atomic mass is 10.2. The van der Waals surface area contributed by atoms with Crippen LogP contribution in [-0.4, -0.2) is 31.2 Å². The summed E-state index contributed by atoms with van der Waals surface area (Å²) in [5.41, 5.74) is 1.10. The molecule has 4 aromatic rings. The van der Waals surface area contributed by atoms with Crippen molar-refractivity contribution in [2.24, 2.45) is 0 Å². The van der Waals surface area contributed by atoms with Gasteiger partial charge < -0.3 is 4.74 Å². The fraction of sp³-hybridized carbons (Fsp3) is 0.190. The minimum Gasteiger partial charge on any atom is -0.497 e. The Morgan fingerprint density at radius 2 is 1.72 bits per heavy atom. The largest absolute Gasteiger partial charge is 0.497 e. The van der Waals surface area contributed by atoms with Crippen molar-refractivity contribution in [2.75, 3.05) is 7.11 Å². The molecule has 0 atom stereocenters. The summed E-state index contributed by atoms with van der Waals surface area (Å²) in [6.07, 6.45) is 4.74. The van der Waals surface area contributed by atoms with Gasteiger partial charge in [-0.1, -0.05) is 0 Å². The van der Waals surface area contributed by atoms with Crippen LogP contribution in [-0.2, 0) is 13.1 Å². The number of rotatable bonds is 5. The molecule has 1 aromatic carbocycles. The standard InChI is InChI=1S/C21H19N5O3/c1-3-25-19-17(12-23-18(24-19)15-4-6-16(29-2)7-5-15)20(27)26(21(25)28)13-14-8-10-22-11-9-14/h4-12H,3,13H2,1-2H3. The highest BCUT2D eigenvalue weighted by atomic mass is 16.5. The number of aryl methyl sites for hydroxylation is 1. The number of nitrogens with zero attached hydrogens (tertiary/aromatic N) is 5. The van der Waals surface area contributed by atoms with Gasteiger partial charge in [-0.05, 0) is 48.9 Å². The van der Waals surface area contributed by atoms with Crippen molar-refractivity contribution in [3.05, 3.63) is 81.4 Å². The number of benzene rings is 1. The molecule has 0 fully saturated rings. The quantitative estimate of drug-likeness (QED) is 0.519. The molecule has 0 spiro atoms. The second-order valence-electron chi connectivity index (χ2n) is 6.43. The summed E-state index contributed by atoms with van der Waals surface area (Å²) in [4.78, 5) is 38.8. The first kappa shape index (κ1) is 18.5. The molecule has 0 saturated heterocycles. The van der Waals surface area contributed by atoms with E-state index in [9.17, 15) is 9.59 Å². The Morgan fingerprint density at radius 1 is 1.00 bits per heavy atom. The molecule has 0 unspecified atom stereocenters. The Kier molecular flexibility index (Phi) is 4.90. The number of hydrogen-bond donors (Lipinski definition) is 0. The first-order valence-electron chi connectivity index (χ1n) is 9.16. The van der Waals surface area contributed by atoms with Crippen LogP contribution >= 0.6 is 0 Å². The lowest BCUT2D eigenvalue weighted by molar-refractivity contribution is 0.415. The molecule has 29 heavy (non-hydrogen) atoms. The molecule has 0 bridgehead atoms. The van der Waals surface area contributed by atoms with Crippen molar-refractivity contribution in [3.63, 3.8) is 0 Å². The summed E-state index contributed by atoms with van der Waals surface area (Å²) < 4.78 is 7.87. The summed E-state index contributed by atoms with van der Waals surface area (Å²) in [5, 5.41) is 0.303. The molecule has 3 heterocycles. The summed E-state index contributed by atoms with van der Waals surface area (Å²) >= 11 is 0. The Bertz CT molecular complexity index is 1280. The number of fused-ring (bicyclic) bond motifs is 1. The van der Waals surface area contributed by atoms with E-state index >= 15 is 0 Å². The van der Waals surface area contributed by atoms with Crippen LogP contribution in [0.5, 0.6) is 5.75 Å². The summed E-state index contributed by atoms with van der Waals surface area (Å²) in [7, 11) is 1.60. The number of aromatic nitrogens is 5. The molecule has 3 aromatic heterocycles. The van der Waals surface area contributed by atoms with Gasteiger partial charge in [0.25, 0.3) is 5.56 Å². The van der Waals surface area contributed by atoms with Gasteiger partial charge >= 0.3 is 5.69 Å². The van der Waals surface area contributed by atoms with Crippen LogP contribution in [0.25, 0.3) is 22.4 Å². The highest BCUT2D eigenvalue weighted by Gasteiger charge is 2.15. The van der Waals surface area contributed by atoms with Crippen LogP contribution in [0.2, 0.25) is 0 Å². The van der Waals surface area contributed by atoms with Gasteiger partial charge in [-0.15, -0.1) is 0 Å². The van der Waals surface area contributed by atoms with Crippen molar-refractivity contribution >= 4 is 11.0 Å². The molecule has 0 N–H and O–H groups in total. The number of methoxy groups -OCH3 is 1.